The number of carbonyl (C=O) groups excluding carboxylic acids is 4. The van der Waals surface area contributed by atoms with Gasteiger partial charge in [0.05, 0.1) is 102 Å². The fourth-order valence-corrected chi connectivity index (χ4v) is 19.6. The summed E-state index contributed by atoms with van der Waals surface area (Å²) in [6, 6.07) is 46.8. The Balaban J connectivity index is 0.000000136. The maximum Gasteiger partial charge on any atom is 1.00 e. The number of carboxylic acid groups (broad SMARTS) is 1. The Morgan fingerprint density at radius 3 is 1.39 bits per heavy atom. The largest absolute Gasteiger partial charge is 1.00 e. The molecule has 0 unspecified atom stereocenters. The number of aromatic nitrogens is 16. The van der Waals surface area contributed by atoms with Gasteiger partial charge in [0.15, 0.2) is 11.5 Å². The van der Waals surface area contributed by atoms with E-state index in [2.05, 4.69) is 69.2 Å². The molecule has 0 bridgehead atoms. The smallest absolute Gasteiger partial charge is 0.481 e. The molecule has 43 heteroatoms. The number of oxime groups is 1. The number of aliphatic carboxylic acids is 1. The molecule has 8 aromatic heterocycles. The standard InChI is InChI=1S/C16H21N3O3.C14H19N3O2.C14H17N3O2.C11H11ClN2O2.C11H9N3O3.C11H13N3O2.C11H12N2O3.C11H10N2O2.K.H2O/c1-9(2)19(10(3)20)13-7-8-18-14-11(15(13)21)5-4-6-12(14)17-16(18)22;2*1-8(2)15-11-6-7-17-12-9(13(11)18)4-3-5-10(12)16-14(17)19;12-10(15)6-3-7-14-9-5-2-1-4-8(9)13-11(14)16;15-10-6-2-1-3-7-9(6)14(11(16)12-7)5-4-8(10)13-17;12-7-4-5-14-9-6(10(7)15)2-1-3-8(9)13-11(14)16;14-10(15)6-3-7-13-9-5-2-1-4-8(9)12-11(13)16;14-9-5-2-6-13-10-7(9)3-1-4-8(10)12-11(13)15;;/h4-6,9,13,15,21H,7-8H2,1-3H3,(H,17,22);3-5,8,11,13,15,18H,6-7H2,1-2H3,(H,16,19);3-5,11,13,18H,6-7H2,1-2H3,(H,16,19);1-2,4-5H,3,6-7H2,(H,13,16);1-3,17H,4-5H2,(H,12,16);1-3,7,10,15H,4-5,12H2,(H,13,16);1-2,4-5H,3,6-7H2,(H,12,16)(H,14,15);1,3-4H,2,5-6H2,(H,12,15);;1H2/q;;;;;;;;+1;/p-1/b;;;;13-8-;;;;;/t13-,15-;2*11-,13-;;;7-,10-;;;;/m111..1..../s1. The van der Waals surface area contributed by atoms with Gasteiger partial charge in [0.2, 0.25) is 16.9 Å². The minimum atomic E-state index is -0.840. The van der Waals surface area contributed by atoms with Gasteiger partial charge in [0.25, 0.3) is 0 Å². The maximum absolute atomic E-state index is 12.1. The van der Waals surface area contributed by atoms with Crippen molar-refractivity contribution in [2.24, 2.45) is 15.9 Å². The van der Waals surface area contributed by atoms with Crippen molar-refractivity contribution >= 4 is 140 Å². The van der Waals surface area contributed by atoms with Gasteiger partial charge < -0.3 is 96.6 Å². The van der Waals surface area contributed by atoms with Crippen molar-refractivity contribution in [3.05, 3.63) is 275 Å². The second-order valence-electron chi connectivity index (χ2n) is 35.9. The number of amides is 1. The predicted octanol–water partition coefficient (Wildman–Crippen LogP) is 5.17. The summed E-state index contributed by atoms with van der Waals surface area (Å²) in [6.07, 6.45) is 2.64. The monoisotopic (exact) mass is 1990 g/mol. The third-order valence-corrected chi connectivity index (χ3v) is 25.9. The van der Waals surface area contributed by atoms with Gasteiger partial charge in [-0.2, -0.15) is 0 Å². The van der Waals surface area contributed by atoms with Gasteiger partial charge in [-0.15, -0.1) is 0 Å². The zero-order valence-electron chi connectivity index (χ0n) is 79.5. The molecule has 14 heterocycles. The van der Waals surface area contributed by atoms with E-state index in [1.165, 1.54) is 11.5 Å². The van der Waals surface area contributed by atoms with Crippen molar-refractivity contribution in [3.8, 4) is 0 Å². The van der Waals surface area contributed by atoms with Crippen LogP contribution >= 0.6 is 11.6 Å². The summed E-state index contributed by atoms with van der Waals surface area (Å²) in [5.74, 6) is -1.10. The van der Waals surface area contributed by atoms with Crippen LogP contribution in [0, 0.1) is 0 Å². The Hall–Kier alpha value is -13.3. The van der Waals surface area contributed by atoms with Crippen LogP contribution in [0.3, 0.4) is 0 Å². The molecule has 742 valence electrons. The number of aliphatic hydroxyl groups excluding tert-OH is 4. The summed E-state index contributed by atoms with van der Waals surface area (Å²) >= 11 is 5.24. The second-order valence-corrected chi connectivity index (χ2v) is 36.3. The molecule has 22 rings (SSSR count). The number of imidazole rings is 8. The Labute approximate surface area is 854 Å². The summed E-state index contributed by atoms with van der Waals surface area (Å²) < 4.78 is 13.0. The summed E-state index contributed by atoms with van der Waals surface area (Å²) in [5, 5.41) is 65.4. The van der Waals surface area contributed by atoms with Crippen LogP contribution in [-0.2, 0) is 66.7 Å². The zero-order chi connectivity index (χ0) is 99.9. The van der Waals surface area contributed by atoms with Gasteiger partial charge in [-0.3, -0.25) is 65.7 Å². The number of fused-ring (bicyclic) bond motifs is 2. The number of benzene rings is 8. The minimum Gasteiger partial charge on any atom is -0.481 e. The van der Waals surface area contributed by atoms with Gasteiger partial charge >= 0.3 is 97.2 Å². The molecule has 6 aliphatic rings. The van der Waals surface area contributed by atoms with E-state index < -0.39 is 30.4 Å². The van der Waals surface area contributed by atoms with Crippen molar-refractivity contribution in [1.29, 1.82) is 0 Å². The van der Waals surface area contributed by atoms with Crippen LogP contribution in [0.2, 0.25) is 0 Å². The molecule has 18 N–H and O–H groups in total. The number of nitrogens with zero attached hydrogens (tertiary/aromatic N) is 12. The first kappa shape index (κ1) is 106. The topological polar surface area (TPSA) is 605 Å². The number of hydrogen-bond donors (Lipinski definition) is 15. The summed E-state index contributed by atoms with van der Waals surface area (Å²) in [5.41, 5.74) is 21.7. The molecule has 0 radical (unpaired) electrons. The molecular weight excluding hydrogens is 1880 g/mol. The van der Waals surface area contributed by atoms with Gasteiger partial charge in [0.1, 0.15) is 17.9 Å². The van der Waals surface area contributed by atoms with Crippen molar-refractivity contribution in [2.45, 2.75) is 232 Å². The first-order chi connectivity index (χ1) is 67.1. The van der Waals surface area contributed by atoms with Crippen LogP contribution in [0.25, 0.3) is 88.3 Å². The molecule has 0 aliphatic carbocycles. The summed E-state index contributed by atoms with van der Waals surface area (Å²) in [7, 11) is 0. The first-order valence-electron chi connectivity index (χ1n) is 46.4. The van der Waals surface area contributed by atoms with Crippen molar-refractivity contribution in [2.75, 3.05) is 0 Å². The molecule has 0 saturated carbocycles. The van der Waals surface area contributed by atoms with E-state index in [1.807, 2.05) is 137 Å². The number of halogens is 1. The molecule has 0 saturated heterocycles. The molecule has 142 heavy (non-hydrogen) atoms. The number of rotatable bonds is 13. The number of carbonyl (C=O) groups is 5. The number of H-pyrrole nitrogens is 7. The molecular formula is C99H113ClKN21O20. The van der Waals surface area contributed by atoms with Gasteiger partial charge in [0, 0.05) is 136 Å². The zero-order valence-corrected chi connectivity index (χ0v) is 83.4. The Morgan fingerprint density at radius 2 is 0.901 bits per heavy atom. The Morgan fingerprint density at radius 1 is 0.479 bits per heavy atom. The number of aliphatic imine (C=N–C) groups is 1. The number of Topliss-reactive ketones (excluding diaryl/α,β-unsaturated/α-hetero) is 2. The average Bonchev–Trinajstić information content (AvgIpc) is 1.62. The molecule has 8 atom stereocenters. The van der Waals surface area contributed by atoms with Crippen molar-refractivity contribution in [3.63, 3.8) is 0 Å². The number of aryl methyl sites for hydroxylation is 8. The molecule has 41 nitrogen and oxygen atoms in total. The van der Waals surface area contributed by atoms with Crippen LogP contribution in [-0.4, -0.2) is 189 Å². The molecule has 0 spiro atoms. The van der Waals surface area contributed by atoms with Gasteiger partial charge in [-0.25, -0.2) is 33.6 Å². The van der Waals surface area contributed by atoms with Crippen molar-refractivity contribution < 1.29 is 112 Å². The number of nitrogens with one attached hydrogen (secondary N) is 8. The number of aliphatic hydroxyl groups is 4. The predicted molar refractivity (Wildman–Crippen MR) is 534 cm³/mol. The Kier molecular flexibility index (Phi) is 34.4. The minimum absolute atomic E-state index is 0. The number of nitrogens with two attached hydrogens (primary N) is 1. The van der Waals surface area contributed by atoms with Gasteiger partial charge in [-0.05, 0) is 174 Å². The molecule has 0 fully saturated rings. The van der Waals surface area contributed by atoms with Crippen LogP contribution in [0.4, 0.5) is 0 Å². The summed E-state index contributed by atoms with van der Waals surface area (Å²) in [4.78, 5) is 180. The first-order valence-corrected chi connectivity index (χ1v) is 46.8. The normalized spacial score (nSPS) is 18.3. The fourth-order valence-electron chi connectivity index (χ4n) is 19.5. The third kappa shape index (κ3) is 22.6. The van der Waals surface area contributed by atoms with Crippen molar-refractivity contribution in [1.82, 2.24) is 86.6 Å². The molecule has 16 aromatic rings. The van der Waals surface area contributed by atoms with E-state index in [0.717, 1.165) is 101 Å². The molecule has 1 amide bonds. The molecule has 8 aromatic carbocycles. The summed E-state index contributed by atoms with van der Waals surface area (Å²) in [6.45, 7) is 17.4. The number of aromatic amines is 7. The fraction of sp³-hybridized carbons (Fsp3) is 0.364. The number of carboxylic acids is 1. The average molecular weight is 1990 g/mol. The maximum atomic E-state index is 12.1. The van der Waals surface area contributed by atoms with E-state index in [1.54, 1.807) is 85.4 Å². The van der Waals surface area contributed by atoms with E-state index in [4.69, 9.17) is 27.6 Å². The SMILES string of the molecule is CC(=O)N(C(C)C)[C@@H]1CCn2c(=O)[nH]c3cccc(c32)[C@H]1O.CC(C)=N[C@@H]1CCn2c(=O)[nH]c3cccc(c32)[C@H]1O.CC(C)N[C@@H]1CCn2c(=O)[nH]c3cccc(c32)[C@H]1O.N[C@@H]1CCn2c(=O)[n-]c3cccc(c32)[C@H]1O.O.O=C(Cl)CCCn1c(=O)[nH]c2ccccc21.O=C(O)CCCn1c(=O)[nH]c2ccccc21.O=C1/C(=N\O)CCn2c(=O)[nH]c3cccc1c32.O=C1CCCn2c(=O)[nH]c3cccc1c32.[K+]. The second kappa shape index (κ2) is 46.1. The van der Waals surface area contributed by atoms with Crippen LogP contribution in [0.5, 0.6) is 0 Å². The van der Waals surface area contributed by atoms with Crippen LogP contribution in [0.15, 0.2) is 206 Å². The number of para-hydroxylation sites is 10. The van der Waals surface area contributed by atoms with Crippen LogP contribution < -0.4 is 113 Å². The van der Waals surface area contributed by atoms with E-state index in [0.29, 0.717) is 136 Å². The van der Waals surface area contributed by atoms with Gasteiger partial charge in [-0.1, -0.05) is 110 Å². The van der Waals surface area contributed by atoms with E-state index in [-0.39, 0.29) is 180 Å². The van der Waals surface area contributed by atoms with Crippen LogP contribution in [0.1, 0.15) is 186 Å². The third-order valence-electron chi connectivity index (χ3n) is 25.7. The van der Waals surface area contributed by atoms with E-state index in [9.17, 15) is 82.8 Å². The van der Waals surface area contributed by atoms with E-state index >= 15 is 0 Å². The Bertz CT molecular complexity index is 7860. The number of ketones is 2. The quantitative estimate of drug-likeness (QED) is 0.0233. The molecule has 6 aliphatic heterocycles. The number of hydrogen-bond acceptors (Lipinski definition) is 22.